The number of thiophene rings is 1. The van der Waals surface area contributed by atoms with Gasteiger partial charge in [-0.1, -0.05) is 50.3 Å². The van der Waals surface area contributed by atoms with Crippen molar-refractivity contribution in [1.82, 2.24) is 0 Å². The van der Waals surface area contributed by atoms with E-state index >= 15 is 0 Å². The van der Waals surface area contributed by atoms with Crippen LogP contribution in [0, 0.1) is 13.8 Å². The van der Waals surface area contributed by atoms with Gasteiger partial charge in [-0.3, -0.25) is 0 Å². The number of rotatable bonds is 3. The molecule has 2 aliphatic rings. The summed E-state index contributed by atoms with van der Waals surface area (Å²) in [6.45, 7) is 8.94. The third-order valence-corrected chi connectivity index (χ3v) is 4.95. The molecule has 0 radical (unpaired) electrons. The summed E-state index contributed by atoms with van der Waals surface area (Å²) in [6, 6.07) is 11.4. The summed E-state index contributed by atoms with van der Waals surface area (Å²) in [5, 5.41) is 4.30. The first-order valence-electron chi connectivity index (χ1n) is 7.80. The van der Waals surface area contributed by atoms with E-state index in [2.05, 4.69) is 80.9 Å². The Bertz CT molecular complexity index is 776. The van der Waals surface area contributed by atoms with Crippen molar-refractivity contribution < 1.29 is 0 Å². The highest BCUT2D eigenvalue weighted by Gasteiger charge is 2.14. The van der Waals surface area contributed by atoms with Gasteiger partial charge in [-0.2, -0.15) is 11.3 Å². The molecule has 2 aliphatic carbocycles. The van der Waals surface area contributed by atoms with Crippen molar-refractivity contribution >= 4 is 23.5 Å². The summed E-state index contributed by atoms with van der Waals surface area (Å²) >= 11 is 1.74. The molecule has 0 spiro atoms. The van der Waals surface area contributed by atoms with Crippen molar-refractivity contribution in [2.24, 2.45) is 0 Å². The molecular weight excluding hydrogens is 284 g/mol. The largest absolute Gasteiger partial charge is 0.152 e. The summed E-state index contributed by atoms with van der Waals surface area (Å²) in [7, 11) is 0. The molecule has 1 aromatic rings. The lowest BCUT2D eigenvalue weighted by Gasteiger charge is -2.04. The van der Waals surface area contributed by atoms with E-state index in [1.165, 1.54) is 38.9 Å². The molecule has 22 heavy (non-hydrogen) atoms. The normalized spacial score (nSPS) is 11.9. The van der Waals surface area contributed by atoms with Gasteiger partial charge >= 0.3 is 0 Å². The Morgan fingerprint density at radius 3 is 2.45 bits per heavy atom. The maximum absolute atomic E-state index is 2.37. The zero-order chi connectivity index (χ0) is 15.7. The van der Waals surface area contributed by atoms with Crippen LogP contribution in [0.4, 0.5) is 0 Å². The molecule has 0 saturated heterocycles. The highest BCUT2D eigenvalue weighted by molar-refractivity contribution is 7.08. The highest BCUT2D eigenvalue weighted by Crippen LogP contribution is 2.37. The molecule has 0 aromatic carbocycles. The molecule has 0 atom stereocenters. The maximum atomic E-state index is 2.37. The Hall–Kier alpha value is -1.86. The molecular formula is C21H22S. The smallest absolute Gasteiger partial charge is 0.00208 e. The van der Waals surface area contributed by atoms with E-state index in [0.29, 0.717) is 5.92 Å². The van der Waals surface area contributed by atoms with Crippen LogP contribution in [-0.4, -0.2) is 0 Å². The predicted molar refractivity (Wildman–Crippen MR) is 99.9 cm³/mol. The average molecular weight is 306 g/mol. The lowest BCUT2D eigenvalue weighted by Crippen LogP contribution is -1.84. The first kappa shape index (κ1) is 15.1. The first-order valence-corrected chi connectivity index (χ1v) is 8.74. The monoisotopic (exact) mass is 306 g/mol. The van der Waals surface area contributed by atoms with Gasteiger partial charge in [0.2, 0.25) is 0 Å². The van der Waals surface area contributed by atoms with Crippen LogP contribution >= 0.6 is 11.3 Å². The van der Waals surface area contributed by atoms with Crippen LogP contribution < -0.4 is 0 Å². The molecule has 1 heteroatoms. The van der Waals surface area contributed by atoms with Crippen LogP contribution in [-0.2, 0) is 0 Å². The average Bonchev–Trinajstić information content (AvgIpc) is 3.04. The number of hydrogen-bond acceptors (Lipinski definition) is 1. The van der Waals surface area contributed by atoms with Gasteiger partial charge in [0.25, 0.3) is 0 Å². The van der Waals surface area contributed by atoms with Gasteiger partial charge in [0.1, 0.15) is 0 Å². The summed E-state index contributed by atoms with van der Waals surface area (Å²) in [4.78, 5) is 0. The zero-order valence-corrected chi connectivity index (χ0v) is 14.5. The second-order valence-corrected chi connectivity index (χ2v) is 7.06. The fraction of sp³-hybridized carbons (Fsp3) is 0.238. The van der Waals surface area contributed by atoms with Gasteiger partial charge in [0, 0.05) is 0 Å². The summed E-state index contributed by atoms with van der Waals surface area (Å²) < 4.78 is 0. The van der Waals surface area contributed by atoms with E-state index in [0.717, 1.165) is 0 Å². The van der Waals surface area contributed by atoms with Crippen LogP contribution in [0.5, 0.6) is 0 Å². The van der Waals surface area contributed by atoms with Gasteiger partial charge < -0.3 is 0 Å². The first-order chi connectivity index (χ1) is 10.6. The molecule has 0 fully saturated rings. The molecule has 0 saturated carbocycles. The fourth-order valence-corrected chi connectivity index (χ4v) is 3.56. The molecule has 0 unspecified atom stereocenters. The van der Waals surface area contributed by atoms with Gasteiger partial charge in [0.05, 0.1) is 0 Å². The maximum Gasteiger partial charge on any atom is -0.00208 e. The molecule has 3 rings (SSSR count). The number of aryl methyl sites for hydroxylation is 2. The molecule has 0 aliphatic heterocycles. The molecule has 112 valence electrons. The van der Waals surface area contributed by atoms with Crippen LogP contribution in [0.1, 0.15) is 47.6 Å². The van der Waals surface area contributed by atoms with Crippen molar-refractivity contribution in [3.63, 3.8) is 0 Å². The van der Waals surface area contributed by atoms with E-state index in [-0.39, 0.29) is 0 Å². The standard InChI is InChI=1S/C21H22S/c1-14(2)18-7-5-15(3)21-19(11-16(4)20(21)12-18)8-6-17-9-10-22-13-17/h5-14H,1-4H3/b8-6+. The summed E-state index contributed by atoms with van der Waals surface area (Å²) in [5.41, 5.74) is 9.48. The van der Waals surface area contributed by atoms with Crippen LogP contribution in [0.2, 0.25) is 0 Å². The SMILES string of the molecule is Cc1cc(/C=C/c2ccsc2)c2c(C)ccc(C(C)C)cc1-2. The molecule has 0 nitrogen and oxygen atoms in total. The molecule has 1 aromatic heterocycles. The Balaban J connectivity index is 2.12. The number of hydrogen-bond donors (Lipinski definition) is 0. The van der Waals surface area contributed by atoms with Crippen molar-refractivity contribution in [1.29, 1.82) is 0 Å². The van der Waals surface area contributed by atoms with Crippen molar-refractivity contribution in [3.05, 3.63) is 68.9 Å². The van der Waals surface area contributed by atoms with E-state index in [1.54, 1.807) is 11.3 Å². The second-order valence-electron chi connectivity index (χ2n) is 6.28. The minimum atomic E-state index is 0.550. The Morgan fingerprint density at radius 2 is 1.77 bits per heavy atom. The van der Waals surface area contributed by atoms with E-state index in [9.17, 15) is 0 Å². The third-order valence-electron chi connectivity index (χ3n) is 4.25. The Kier molecular flexibility index (Phi) is 4.17. The quantitative estimate of drug-likeness (QED) is 0.501. The second kappa shape index (κ2) is 6.10. The molecule has 1 heterocycles. The van der Waals surface area contributed by atoms with Crippen LogP contribution in [0.3, 0.4) is 0 Å². The van der Waals surface area contributed by atoms with Gasteiger partial charge in [-0.25, -0.2) is 0 Å². The highest BCUT2D eigenvalue weighted by atomic mass is 32.1. The number of fused-ring (bicyclic) bond motifs is 1. The lowest BCUT2D eigenvalue weighted by atomic mass is 10.0. The van der Waals surface area contributed by atoms with Gasteiger partial charge in [0.15, 0.2) is 0 Å². The van der Waals surface area contributed by atoms with Gasteiger partial charge in [-0.15, -0.1) is 0 Å². The van der Waals surface area contributed by atoms with Crippen molar-refractivity contribution in [2.75, 3.05) is 0 Å². The lowest BCUT2D eigenvalue weighted by molar-refractivity contribution is 0.868. The minimum Gasteiger partial charge on any atom is -0.152 e. The zero-order valence-electron chi connectivity index (χ0n) is 13.7. The van der Waals surface area contributed by atoms with Gasteiger partial charge in [-0.05, 0) is 75.5 Å². The summed E-state index contributed by atoms with van der Waals surface area (Å²) in [6.07, 6.45) is 4.46. The van der Waals surface area contributed by atoms with E-state index in [1.807, 2.05) is 0 Å². The third kappa shape index (κ3) is 2.86. The van der Waals surface area contributed by atoms with E-state index in [4.69, 9.17) is 0 Å². The minimum absolute atomic E-state index is 0.550. The Morgan fingerprint density at radius 1 is 0.955 bits per heavy atom. The van der Waals surface area contributed by atoms with Crippen LogP contribution in [0.25, 0.3) is 23.3 Å². The van der Waals surface area contributed by atoms with Crippen molar-refractivity contribution in [3.8, 4) is 11.1 Å². The van der Waals surface area contributed by atoms with E-state index < -0.39 is 0 Å². The predicted octanol–water partition coefficient (Wildman–Crippen LogP) is 6.76. The fourth-order valence-electron chi connectivity index (χ4n) is 2.93. The van der Waals surface area contributed by atoms with Crippen molar-refractivity contribution in [2.45, 2.75) is 33.6 Å². The Labute approximate surface area is 137 Å². The molecule has 0 amide bonds. The topological polar surface area (TPSA) is 0 Å². The molecule has 0 N–H and O–H groups in total. The summed E-state index contributed by atoms with van der Waals surface area (Å²) in [5.74, 6) is 0.550. The molecule has 0 bridgehead atoms. The van der Waals surface area contributed by atoms with Crippen LogP contribution in [0.15, 0.2) is 41.1 Å².